The van der Waals surface area contributed by atoms with E-state index in [-0.39, 0.29) is 5.91 Å². The molecule has 0 fully saturated rings. The van der Waals surface area contributed by atoms with Gasteiger partial charge in [0.15, 0.2) is 0 Å². The van der Waals surface area contributed by atoms with Crippen molar-refractivity contribution in [3.8, 4) is 5.75 Å². The normalized spacial score (nSPS) is 10.3. The van der Waals surface area contributed by atoms with Gasteiger partial charge in [0.05, 0.1) is 18.7 Å². The fourth-order valence-electron chi connectivity index (χ4n) is 1.91. The maximum atomic E-state index is 12.2. The van der Waals surface area contributed by atoms with Gasteiger partial charge in [-0.2, -0.15) is 0 Å². The molecule has 1 heterocycles. The molecule has 1 aromatic carbocycles. The van der Waals surface area contributed by atoms with Crippen LogP contribution < -0.4 is 10.1 Å². The number of hydrogen-bond donors (Lipinski definition) is 1. The molecule has 2 aromatic rings. The van der Waals surface area contributed by atoms with Gasteiger partial charge in [0, 0.05) is 9.75 Å². The molecule has 0 spiro atoms. The lowest BCUT2D eigenvalue weighted by molar-refractivity contribution is 0.0947. The maximum Gasteiger partial charge on any atom is 0.255 e. The number of hydrogen-bond acceptors (Lipinski definition) is 3. The van der Waals surface area contributed by atoms with Crippen molar-refractivity contribution in [2.75, 3.05) is 6.61 Å². The Hall–Kier alpha value is -1.81. The van der Waals surface area contributed by atoms with Crippen LogP contribution in [-0.4, -0.2) is 12.5 Å². The first-order chi connectivity index (χ1) is 9.74. The topological polar surface area (TPSA) is 38.3 Å². The van der Waals surface area contributed by atoms with Crippen LogP contribution in [0.1, 0.15) is 34.0 Å². The highest BCUT2D eigenvalue weighted by atomic mass is 32.1. The Morgan fingerprint density at radius 2 is 1.90 bits per heavy atom. The fourth-order valence-corrected chi connectivity index (χ4v) is 2.80. The van der Waals surface area contributed by atoms with Gasteiger partial charge in [-0.3, -0.25) is 4.79 Å². The van der Waals surface area contributed by atoms with Gasteiger partial charge in [0.1, 0.15) is 5.75 Å². The molecule has 0 atom stereocenters. The molecule has 0 aliphatic heterocycles. The average Bonchev–Trinajstić information content (AvgIpc) is 2.94. The third-order valence-corrected chi connectivity index (χ3v) is 4.15. The molecule has 0 unspecified atom stereocenters. The Bertz CT molecular complexity index is 577. The van der Waals surface area contributed by atoms with Gasteiger partial charge in [0.25, 0.3) is 5.91 Å². The summed E-state index contributed by atoms with van der Waals surface area (Å²) in [6, 6.07) is 11.5. The molecular weight excluding hydrogens is 270 g/mol. The van der Waals surface area contributed by atoms with Crippen molar-refractivity contribution in [1.82, 2.24) is 5.32 Å². The molecule has 0 aliphatic carbocycles. The van der Waals surface area contributed by atoms with E-state index in [1.807, 2.05) is 25.1 Å². The number of amides is 1. The number of para-hydroxylation sites is 1. The lowest BCUT2D eigenvalue weighted by atomic mass is 10.2. The summed E-state index contributed by atoms with van der Waals surface area (Å²) in [5, 5.41) is 2.94. The second kappa shape index (κ2) is 7.10. The molecular formula is C16H19NO2S. The standard InChI is InChI=1S/C16H19NO2S/c1-3-12-9-10-13(20-12)11-17-16(18)14-7-5-6-8-15(14)19-4-2/h5-10H,3-4,11H2,1-2H3,(H,17,18). The minimum absolute atomic E-state index is 0.0968. The molecule has 0 bridgehead atoms. The van der Waals surface area contributed by atoms with Crippen LogP contribution in [0.2, 0.25) is 0 Å². The number of benzene rings is 1. The van der Waals surface area contributed by atoms with Crippen molar-refractivity contribution in [2.24, 2.45) is 0 Å². The van der Waals surface area contributed by atoms with Gasteiger partial charge >= 0.3 is 0 Å². The Balaban J connectivity index is 2.01. The van der Waals surface area contributed by atoms with E-state index in [4.69, 9.17) is 4.74 Å². The number of carbonyl (C=O) groups excluding carboxylic acids is 1. The van der Waals surface area contributed by atoms with Crippen LogP contribution in [0.3, 0.4) is 0 Å². The molecule has 1 N–H and O–H groups in total. The Labute approximate surface area is 123 Å². The number of ether oxygens (including phenoxy) is 1. The highest BCUT2D eigenvalue weighted by Gasteiger charge is 2.11. The number of rotatable bonds is 6. The number of nitrogens with one attached hydrogen (secondary N) is 1. The zero-order valence-electron chi connectivity index (χ0n) is 11.8. The molecule has 0 saturated carbocycles. The first-order valence-corrected chi connectivity index (χ1v) is 7.63. The monoisotopic (exact) mass is 289 g/mol. The summed E-state index contributed by atoms with van der Waals surface area (Å²) in [6.07, 6.45) is 1.03. The first kappa shape index (κ1) is 14.6. The van der Waals surface area contributed by atoms with Crippen LogP contribution in [-0.2, 0) is 13.0 Å². The van der Waals surface area contributed by atoms with Crippen LogP contribution in [0, 0.1) is 0 Å². The van der Waals surface area contributed by atoms with Crippen LogP contribution in [0.4, 0.5) is 0 Å². The zero-order chi connectivity index (χ0) is 14.4. The van der Waals surface area contributed by atoms with E-state index in [1.165, 1.54) is 9.75 Å². The van der Waals surface area contributed by atoms with Crippen LogP contribution in [0.25, 0.3) is 0 Å². The molecule has 4 heteroatoms. The van der Waals surface area contributed by atoms with E-state index in [0.717, 1.165) is 6.42 Å². The highest BCUT2D eigenvalue weighted by Crippen LogP contribution is 2.19. The lowest BCUT2D eigenvalue weighted by Gasteiger charge is -2.09. The Morgan fingerprint density at radius 1 is 1.15 bits per heavy atom. The zero-order valence-corrected chi connectivity index (χ0v) is 12.6. The van der Waals surface area contributed by atoms with Crippen molar-refractivity contribution in [2.45, 2.75) is 26.8 Å². The van der Waals surface area contributed by atoms with E-state index in [2.05, 4.69) is 24.4 Å². The predicted octanol–water partition coefficient (Wildman–Crippen LogP) is 3.64. The molecule has 1 amide bonds. The molecule has 0 radical (unpaired) electrons. The predicted molar refractivity (Wildman–Crippen MR) is 82.5 cm³/mol. The lowest BCUT2D eigenvalue weighted by Crippen LogP contribution is -2.23. The van der Waals surface area contributed by atoms with Gasteiger partial charge in [-0.15, -0.1) is 11.3 Å². The van der Waals surface area contributed by atoms with Gasteiger partial charge in [-0.05, 0) is 37.6 Å². The SMILES string of the molecule is CCOc1ccccc1C(=O)NCc1ccc(CC)s1. The third kappa shape index (κ3) is 3.61. The second-order valence-corrected chi connectivity index (χ2v) is 5.59. The van der Waals surface area contributed by atoms with E-state index in [1.54, 1.807) is 17.4 Å². The van der Waals surface area contributed by atoms with Crippen molar-refractivity contribution in [3.05, 3.63) is 51.7 Å². The minimum atomic E-state index is -0.0968. The van der Waals surface area contributed by atoms with Crippen LogP contribution >= 0.6 is 11.3 Å². The average molecular weight is 289 g/mol. The van der Waals surface area contributed by atoms with E-state index >= 15 is 0 Å². The summed E-state index contributed by atoms with van der Waals surface area (Å²) in [5.41, 5.74) is 0.585. The van der Waals surface area contributed by atoms with E-state index in [9.17, 15) is 4.79 Å². The number of carbonyl (C=O) groups is 1. The van der Waals surface area contributed by atoms with E-state index in [0.29, 0.717) is 24.5 Å². The Kier molecular flexibility index (Phi) is 5.18. The summed E-state index contributed by atoms with van der Waals surface area (Å²) in [7, 11) is 0. The van der Waals surface area contributed by atoms with Crippen LogP contribution in [0.15, 0.2) is 36.4 Å². The van der Waals surface area contributed by atoms with Crippen LogP contribution in [0.5, 0.6) is 5.75 Å². The van der Waals surface area contributed by atoms with Crippen molar-refractivity contribution in [1.29, 1.82) is 0 Å². The quantitative estimate of drug-likeness (QED) is 0.881. The second-order valence-electron chi connectivity index (χ2n) is 4.33. The first-order valence-electron chi connectivity index (χ1n) is 6.82. The summed E-state index contributed by atoms with van der Waals surface area (Å²) in [4.78, 5) is 14.7. The van der Waals surface area contributed by atoms with Crippen molar-refractivity contribution < 1.29 is 9.53 Å². The van der Waals surface area contributed by atoms with Gasteiger partial charge in [0.2, 0.25) is 0 Å². The fraction of sp³-hybridized carbons (Fsp3) is 0.312. The third-order valence-electron chi connectivity index (χ3n) is 2.92. The van der Waals surface area contributed by atoms with Gasteiger partial charge in [-0.25, -0.2) is 0 Å². The minimum Gasteiger partial charge on any atom is -0.493 e. The molecule has 2 rings (SSSR count). The molecule has 0 aliphatic rings. The molecule has 3 nitrogen and oxygen atoms in total. The number of aryl methyl sites for hydroxylation is 1. The molecule has 0 saturated heterocycles. The summed E-state index contributed by atoms with van der Waals surface area (Å²) in [5.74, 6) is 0.536. The van der Waals surface area contributed by atoms with Crippen molar-refractivity contribution in [3.63, 3.8) is 0 Å². The van der Waals surface area contributed by atoms with Gasteiger partial charge in [-0.1, -0.05) is 19.1 Å². The smallest absolute Gasteiger partial charge is 0.255 e. The summed E-state index contributed by atoms with van der Waals surface area (Å²) in [6.45, 7) is 5.15. The molecule has 1 aromatic heterocycles. The summed E-state index contributed by atoms with van der Waals surface area (Å²) >= 11 is 1.74. The molecule has 106 valence electrons. The highest BCUT2D eigenvalue weighted by molar-refractivity contribution is 7.11. The maximum absolute atomic E-state index is 12.2. The number of thiophene rings is 1. The van der Waals surface area contributed by atoms with Gasteiger partial charge < -0.3 is 10.1 Å². The Morgan fingerprint density at radius 3 is 2.60 bits per heavy atom. The van der Waals surface area contributed by atoms with E-state index < -0.39 is 0 Å². The summed E-state index contributed by atoms with van der Waals surface area (Å²) < 4.78 is 5.47. The van der Waals surface area contributed by atoms with Crippen molar-refractivity contribution >= 4 is 17.2 Å². The largest absolute Gasteiger partial charge is 0.493 e. The molecule has 20 heavy (non-hydrogen) atoms.